The molecule has 2 rings (SSSR count). The van der Waals surface area contributed by atoms with Crippen LogP contribution in [0.1, 0.15) is 23.6 Å². The van der Waals surface area contributed by atoms with Gasteiger partial charge in [0, 0.05) is 6.04 Å². The average molecular weight is 222 g/mol. The Bertz CT molecular complexity index is 367. The predicted molar refractivity (Wildman–Crippen MR) is 66.2 cm³/mol. The van der Waals surface area contributed by atoms with Crippen LogP contribution in [-0.4, -0.2) is 18.5 Å². The van der Waals surface area contributed by atoms with Crippen LogP contribution in [0.25, 0.3) is 0 Å². The first-order valence-electron chi connectivity index (χ1n) is 5.04. The molecule has 0 radical (unpaired) electrons. The molecule has 0 heterocycles. The summed E-state index contributed by atoms with van der Waals surface area (Å²) in [6.07, 6.45) is 7.72. The maximum Gasteiger partial charge on any atom is 0.0601 e. The standard InChI is InChI=1S/C13H15N.ClH/c1-3-10-14(2)13-9-8-11-6-4-5-7-12(11)13;/h1,4-7,13H,8-10H2,2H3;1H/t13-;/m1./s1. The molecule has 1 aromatic rings. The van der Waals surface area contributed by atoms with Crippen LogP contribution in [0.2, 0.25) is 0 Å². The summed E-state index contributed by atoms with van der Waals surface area (Å²) in [4.78, 5) is 2.26. The van der Waals surface area contributed by atoms with Gasteiger partial charge in [-0.05, 0) is 31.0 Å². The van der Waals surface area contributed by atoms with Gasteiger partial charge in [-0.2, -0.15) is 0 Å². The molecule has 1 nitrogen and oxygen atoms in total. The second-order valence-corrected chi connectivity index (χ2v) is 3.87. The molecular weight excluding hydrogens is 206 g/mol. The Morgan fingerprint density at radius 3 is 2.93 bits per heavy atom. The fourth-order valence-electron chi connectivity index (χ4n) is 2.25. The van der Waals surface area contributed by atoms with Gasteiger partial charge in [-0.3, -0.25) is 4.90 Å². The number of halogens is 1. The highest BCUT2D eigenvalue weighted by molar-refractivity contribution is 5.85. The first kappa shape index (κ1) is 12.1. The predicted octanol–water partition coefficient (Wildman–Crippen LogP) is 2.66. The lowest BCUT2D eigenvalue weighted by atomic mass is 10.1. The summed E-state index contributed by atoms with van der Waals surface area (Å²) in [7, 11) is 2.10. The number of benzene rings is 1. The van der Waals surface area contributed by atoms with Gasteiger partial charge in [0.05, 0.1) is 6.54 Å². The highest BCUT2D eigenvalue weighted by Crippen LogP contribution is 2.34. The Hall–Kier alpha value is -0.970. The summed E-state index contributed by atoms with van der Waals surface area (Å²) in [6.45, 7) is 0.735. The Balaban J connectivity index is 0.00000112. The van der Waals surface area contributed by atoms with Crippen molar-refractivity contribution in [1.82, 2.24) is 4.90 Å². The van der Waals surface area contributed by atoms with Gasteiger partial charge in [-0.15, -0.1) is 18.8 Å². The van der Waals surface area contributed by atoms with Crippen molar-refractivity contribution < 1.29 is 0 Å². The maximum atomic E-state index is 5.33. The summed E-state index contributed by atoms with van der Waals surface area (Å²) in [6, 6.07) is 9.20. The van der Waals surface area contributed by atoms with Crippen LogP contribution in [0.4, 0.5) is 0 Å². The van der Waals surface area contributed by atoms with E-state index in [4.69, 9.17) is 6.42 Å². The minimum atomic E-state index is 0. The molecule has 0 saturated carbocycles. The lowest BCUT2D eigenvalue weighted by molar-refractivity contribution is 0.274. The number of rotatable bonds is 2. The number of aryl methyl sites for hydroxylation is 1. The van der Waals surface area contributed by atoms with Gasteiger partial charge in [0.1, 0.15) is 0 Å². The van der Waals surface area contributed by atoms with Gasteiger partial charge in [-0.1, -0.05) is 30.2 Å². The normalized spacial score (nSPS) is 18.1. The van der Waals surface area contributed by atoms with E-state index in [1.807, 2.05) is 0 Å². The van der Waals surface area contributed by atoms with Gasteiger partial charge in [0.25, 0.3) is 0 Å². The SMILES string of the molecule is C#CCN(C)[C@@H]1CCc2ccccc21.Cl. The molecule has 1 aliphatic carbocycles. The first-order valence-corrected chi connectivity index (χ1v) is 5.04. The van der Waals surface area contributed by atoms with Crippen LogP contribution < -0.4 is 0 Å². The molecule has 0 fully saturated rings. The fraction of sp³-hybridized carbons (Fsp3) is 0.385. The van der Waals surface area contributed by atoms with Crippen molar-refractivity contribution in [2.24, 2.45) is 0 Å². The van der Waals surface area contributed by atoms with Gasteiger partial charge < -0.3 is 0 Å². The van der Waals surface area contributed by atoms with Crippen molar-refractivity contribution in [1.29, 1.82) is 0 Å². The molecule has 80 valence electrons. The third kappa shape index (κ3) is 2.34. The molecule has 0 aromatic heterocycles. The minimum Gasteiger partial charge on any atom is -0.288 e. The molecule has 0 unspecified atom stereocenters. The molecule has 0 amide bonds. The molecule has 1 aromatic carbocycles. The molecule has 1 aliphatic rings. The van der Waals surface area contributed by atoms with Gasteiger partial charge in [-0.25, -0.2) is 0 Å². The largest absolute Gasteiger partial charge is 0.288 e. The van der Waals surface area contributed by atoms with Crippen LogP contribution in [-0.2, 0) is 6.42 Å². The molecule has 1 atom stereocenters. The van der Waals surface area contributed by atoms with Gasteiger partial charge >= 0.3 is 0 Å². The third-order valence-electron chi connectivity index (χ3n) is 2.97. The van der Waals surface area contributed by atoms with E-state index in [9.17, 15) is 0 Å². The van der Waals surface area contributed by atoms with Crippen molar-refractivity contribution in [2.45, 2.75) is 18.9 Å². The van der Waals surface area contributed by atoms with E-state index < -0.39 is 0 Å². The summed E-state index contributed by atoms with van der Waals surface area (Å²) < 4.78 is 0. The summed E-state index contributed by atoms with van der Waals surface area (Å²) in [5.74, 6) is 2.70. The average Bonchev–Trinajstić information content (AvgIpc) is 2.61. The molecule has 0 saturated heterocycles. The number of terminal acetylenes is 1. The van der Waals surface area contributed by atoms with Crippen molar-refractivity contribution in [3.05, 3.63) is 35.4 Å². The summed E-state index contributed by atoms with van der Waals surface area (Å²) in [5, 5.41) is 0. The Morgan fingerprint density at radius 1 is 1.47 bits per heavy atom. The van der Waals surface area contributed by atoms with Gasteiger partial charge in [0.2, 0.25) is 0 Å². The maximum absolute atomic E-state index is 5.33. The Kier molecular flexibility index (Phi) is 4.20. The number of nitrogens with zero attached hydrogens (tertiary/aromatic N) is 1. The van der Waals surface area contributed by atoms with Gasteiger partial charge in [0.15, 0.2) is 0 Å². The molecular formula is C13H16ClN. The Morgan fingerprint density at radius 2 is 2.20 bits per heavy atom. The van der Waals surface area contributed by atoms with E-state index in [2.05, 4.69) is 42.1 Å². The van der Waals surface area contributed by atoms with E-state index in [1.165, 1.54) is 24.0 Å². The van der Waals surface area contributed by atoms with E-state index in [0.29, 0.717) is 6.04 Å². The van der Waals surface area contributed by atoms with Crippen LogP contribution in [0.3, 0.4) is 0 Å². The molecule has 0 spiro atoms. The van der Waals surface area contributed by atoms with E-state index >= 15 is 0 Å². The first-order chi connectivity index (χ1) is 6.83. The zero-order valence-corrected chi connectivity index (χ0v) is 9.76. The number of hydrogen-bond donors (Lipinski definition) is 0. The van der Waals surface area contributed by atoms with Crippen molar-refractivity contribution >= 4 is 12.4 Å². The Labute approximate surface area is 97.9 Å². The zero-order valence-electron chi connectivity index (χ0n) is 8.94. The van der Waals surface area contributed by atoms with Crippen LogP contribution in [0, 0.1) is 12.3 Å². The highest BCUT2D eigenvalue weighted by atomic mass is 35.5. The summed E-state index contributed by atoms with van der Waals surface area (Å²) >= 11 is 0. The van der Waals surface area contributed by atoms with Crippen molar-refractivity contribution in [3.63, 3.8) is 0 Å². The minimum absolute atomic E-state index is 0. The zero-order chi connectivity index (χ0) is 9.97. The second-order valence-electron chi connectivity index (χ2n) is 3.87. The topological polar surface area (TPSA) is 3.24 Å². The van der Waals surface area contributed by atoms with Crippen LogP contribution in [0.5, 0.6) is 0 Å². The molecule has 0 N–H and O–H groups in total. The van der Waals surface area contributed by atoms with Crippen molar-refractivity contribution in [2.75, 3.05) is 13.6 Å². The van der Waals surface area contributed by atoms with Crippen molar-refractivity contribution in [3.8, 4) is 12.3 Å². The molecule has 0 bridgehead atoms. The lowest BCUT2D eigenvalue weighted by Crippen LogP contribution is -2.23. The second kappa shape index (κ2) is 5.21. The third-order valence-corrected chi connectivity index (χ3v) is 2.97. The molecule has 0 aliphatic heterocycles. The van der Waals surface area contributed by atoms with Crippen LogP contribution >= 0.6 is 12.4 Å². The lowest BCUT2D eigenvalue weighted by Gasteiger charge is -2.22. The monoisotopic (exact) mass is 221 g/mol. The number of hydrogen-bond acceptors (Lipinski definition) is 1. The summed E-state index contributed by atoms with van der Waals surface area (Å²) in [5.41, 5.74) is 2.95. The van der Waals surface area contributed by atoms with Crippen LogP contribution in [0.15, 0.2) is 24.3 Å². The molecule has 2 heteroatoms. The van der Waals surface area contributed by atoms with E-state index in [0.717, 1.165) is 6.54 Å². The van der Waals surface area contributed by atoms with E-state index in [1.54, 1.807) is 0 Å². The van der Waals surface area contributed by atoms with E-state index in [-0.39, 0.29) is 12.4 Å². The quantitative estimate of drug-likeness (QED) is 0.695. The number of fused-ring (bicyclic) bond motifs is 1. The smallest absolute Gasteiger partial charge is 0.0601 e. The fourth-order valence-corrected chi connectivity index (χ4v) is 2.25. The highest BCUT2D eigenvalue weighted by Gasteiger charge is 2.24. The molecule has 15 heavy (non-hydrogen) atoms.